The molecule has 1 aliphatic carbocycles. The number of halogens is 1. The maximum absolute atomic E-state index is 5.89. The summed E-state index contributed by atoms with van der Waals surface area (Å²) < 4.78 is 0. The second kappa shape index (κ2) is 4.62. The minimum atomic E-state index is 0.113. The van der Waals surface area contributed by atoms with Gasteiger partial charge in [0.15, 0.2) is 0 Å². The first-order valence-electron chi connectivity index (χ1n) is 5.89. The number of anilines is 1. The molecule has 0 aromatic carbocycles. The van der Waals surface area contributed by atoms with Gasteiger partial charge in [-0.05, 0) is 36.3 Å². The lowest BCUT2D eigenvalue weighted by Crippen LogP contribution is -2.25. The van der Waals surface area contributed by atoms with Crippen molar-refractivity contribution in [1.82, 2.24) is 4.98 Å². The van der Waals surface area contributed by atoms with Crippen molar-refractivity contribution in [3.63, 3.8) is 0 Å². The molecule has 0 atom stereocenters. The molecule has 1 aromatic rings. The first kappa shape index (κ1) is 11.7. The average Bonchev–Trinajstić information content (AvgIpc) is 2.73. The Morgan fingerprint density at radius 2 is 2.19 bits per heavy atom. The summed E-state index contributed by atoms with van der Waals surface area (Å²) in [7, 11) is 0. The average molecular weight is 239 g/mol. The van der Waals surface area contributed by atoms with Crippen LogP contribution in [0.15, 0.2) is 12.1 Å². The summed E-state index contributed by atoms with van der Waals surface area (Å²) in [6, 6.07) is 4.28. The number of hydrogen-bond donors (Lipinski definition) is 1. The molecule has 0 saturated carbocycles. The number of fused-ring (bicyclic) bond motifs is 1. The highest BCUT2D eigenvalue weighted by Crippen LogP contribution is 2.23. The summed E-state index contributed by atoms with van der Waals surface area (Å²) in [6.07, 6.45) is 3.57. The van der Waals surface area contributed by atoms with E-state index < -0.39 is 0 Å². The van der Waals surface area contributed by atoms with Crippen molar-refractivity contribution in [1.29, 1.82) is 0 Å². The van der Waals surface area contributed by atoms with Crippen LogP contribution < -0.4 is 5.32 Å². The third kappa shape index (κ3) is 2.67. The molecule has 2 nitrogen and oxygen atoms in total. The zero-order valence-corrected chi connectivity index (χ0v) is 10.8. The second-order valence-corrected chi connectivity index (χ2v) is 5.57. The molecule has 0 bridgehead atoms. The van der Waals surface area contributed by atoms with Crippen LogP contribution in [-0.2, 0) is 12.8 Å². The second-order valence-electron chi connectivity index (χ2n) is 5.31. The van der Waals surface area contributed by atoms with Gasteiger partial charge in [0.05, 0.1) is 0 Å². The van der Waals surface area contributed by atoms with E-state index in [4.69, 9.17) is 11.6 Å². The van der Waals surface area contributed by atoms with Crippen LogP contribution in [0, 0.1) is 5.41 Å². The molecule has 0 saturated heterocycles. The third-order valence-corrected chi connectivity index (χ3v) is 3.76. The van der Waals surface area contributed by atoms with E-state index in [0.29, 0.717) is 5.88 Å². The van der Waals surface area contributed by atoms with E-state index in [-0.39, 0.29) is 5.41 Å². The standard InChI is InChI=1S/C13H19ClN2/c1-13(2,8-14)9-15-12-7-6-10-4-3-5-11(10)16-12/h6-7H,3-5,8-9H2,1-2H3,(H,15,16). The van der Waals surface area contributed by atoms with Gasteiger partial charge in [0.1, 0.15) is 5.82 Å². The molecule has 2 rings (SSSR count). The molecule has 0 spiro atoms. The largest absolute Gasteiger partial charge is 0.369 e. The van der Waals surface area contributed by atoms with Gasteiger partial charge in [-0.1, -0.05) is 19.9 Å². The number of nitrogens with zero attached hydrogens (tertiary/aromatic N) is 1. The number of pyridine rings is 1. The highest BCUT2D eigenvalue weighted by Gasteiger charge is 2.17. The molecule has 3 heteroatoms. The van der Waals surface area contributed by atoms with Crippen LogP contribution in [0.4, 0.5) is 5.82 Å². The van der Waals surface area contributed by atoms with Crippen molar-refractivity contribution >= 4 is 17.4 Å². The molecule has 1 heterocycles. The minimum Gasteiger partial charge on any atom is -0.369 e. The Balaban J connectivity index is 2.00. The van der Waals surface area contributed by atoms with E-state index >= 15 is 0 Å². The van der Waals surface area contributed by atoms with E-state index in [0.717, 1.165) is 18.8 Å². The molecule has 0 fully saturated rings. The van der Waals surface area contributed by atoms with Gasteiger partial charge in [-0.25, -0.2) is 4.98 Å². The zero-order valence-electron chi connectivity index (χ0n) is 10.0. The Morgan fingerprint density at radius 3 is 2.94 bits per heavy atom. The van der Waals surface area contributed by atoms with E-state index in [2.05, 4.69) is 36.3 Å². The van der Waals surface area contributed by atoms with Gasteiger partial charge in [0.2, 0.25) is 0 Å². The third-order valence-electron chi connectivity index (χ3n) is 3.04. The molecule has 0 amide bonds. The summed E-state index contributed by atoms with van der Waals surface area (Å²) in [5, 5.41) is 3.37. The molecule has 0 unspecified atom stereocenters. The van der Waals surface area contributed by atoms with Crippen molar-refractivity contribution < 1.29 is 0 Å². The fraction of sp³-hybridized carbons (Fsp3) is 0.615. The number of nitrogens with one attached hydrogen (secondary N) is 1. The zero-order chi connectivity index (χ0) is 11.6. The van der Waals surface area contributed by atoms with Gasteiger partial charge < -0.3 is 5.32 Å². The Labute approximate surface area is 102 Å². The van der Waals surface area contributed by atoms with Crippen LogP contribution in [-0.4, -0.2) is 17.4 Å². The van der Waals surface area contributed by atoms with Gasteiger partial charge in [-0.3, -0.25) is 0 Å². The Morgan fingerprint density at radius 1 is 1.38 bits per heavy atom. The first-order valence-corrected chi connectivity index (χ1v) is 6.43. The van der Waals surface area contributed by atoms with Crippen LogP contribution in [0.1, 0.15) is 31.5 Å². The predicted molar refractivity (Wildman–Crippen MR) is 69.3 cm³/mol. The quantitative estimate of drug-likeness (QED) is 0.815. The van der Waals surface area contributed by atoms with Gasteiger partial charge >= 0.3 is 0 Å². The minimum absolute atomic E-state index is 0.113. The number of rotatable bonds is 4. The van der Waals surface area contributed by atoms with E-state index in [1.54, 1.807) is 0 Å². The van der Waals surface area contributed by atoms with Crippen LogP contribution in [0.2, 0.25) is 0 Å². The summed E-state index contributed by atoms with van der Waals surface area (Å²) in [5.74, 6) is 1.64. The summed E-state index contributed by atoms with van der Waals surface area (Å²) in [6.45, 7) is 5.17. The lowest BCUT2D eigenvalue weighted by molar-refractivity contribution is 0.449. The van der Waals surface area contributed by atoms with Gasteiger partial charge in [0, 0.05) is 18.1 Å². The van der Waals surface area contributed by atoms with Crippen LogP contribution in [0.25, 0.3) is 0 Å². The number of alkyl halides is 1. The number of aromatic nitrogens is 1. The fourth-order valence-corrected chi connectivity index (χ4v) is 1.99. The monoisotopic (exact) mass is 238 g/mol. The smallest absolute Gasteiger partial charge is 0.126 e. The lowest BCUT2D eigenvalue weighted by atomic mass is 9.97. The summed E-state index contributed by atoms with van der Waals surface area (Å²) in [4.78, 5) is 4.64. The van der Waals surface area contributed by atoms with E-state index in [1.165, 1.54) is 24.1 Å². The molecule has 0 aliphatic heterocycles. The predicted octanol–water partition coefficient (Wildman–Crippen LogP) is 3.25. The SMILES string of the molecule is CC(C)(CCl)CNc1ccc2c(n1)CCC2. The van der Waals surface area contributed by atoms with E-state index in [9.17, 15) is 0 Å². The fourth-order valence-electron chi connectivity index (χ4n) is 1.90. The van der Waals surface area contributed by atoms with Gasteiger partial charge in [0.25, 0.3) is 0 Å². The first-order chi connectivity index (χ1) is 7.61. The highest BCUT2D eigenvalue weighted by molar-refractivity contribution is 6.18. The molecule has 88 valence electrons. The number of hydrogen-bond acceptors (Lipinski definition) is 2. The topological polar surface area (TPSA) is 24.9 Å². The Kier molecular flexibility index (Phi) is 3.38. The van der Waals surface area contributed by atoms with Crippen molar-refractivity contribution in [2.24, 2.45) is 5.41 Å². The molecule has 1 aliphatic rings. The lowest BCUT2D eigenvalue weighted by Gasteiger charge is -2.22. The van der Waals surface area contributed by atoms with E-state index in [1.807, 2.05) is 0 Å². The van der Waals surface area contributed by atoms with Crippen molar-refractivity contribution in [2.75, 3.05) is 17.7 Å². The number of aryl methyl sites for hydroxylation is 2. The molecule has 16 heavy (non-hydrogen) atoms. The Bertz CT molecular complexity index is 374. The van der Waals surface area contributed by atoms with Crippen molar-refractivity contribution in [3.05, 3.63) is 23.4 Å². The van der Waals surface area contributed by atoms with Crippen LogP contribution in [0.3, 0.4) is 0 Å². The van der Waals surface area contributed by atoms with Gasteiger partial charge in [-0.15, -0.1) is 11.6 Å². The normalized spacial score (nSPS) is 14.9. The van der Waals surface area contributed by atoms with Gasteiger partial charge in [-0.2, -0.15) is 0 Å². The molecule has 1 aromatic heterocycles. The van der Waals surface area contributed by atoms with Crippen molar-refractivity contribution in [2.45, 2.75) is 33.1 Å². The molecular formula is C13H19ClN2. The highest BCUT2D eigenvalue weighted by atomic mass is 35.5. The molecule has 0 radical (unpaired) electrons. The molecular weight excluding hydrogens is 220 g/mol. The summed E-state index contributed by atoms with van der Waals surface area (Å²) in [5.41, 5.74) is 2.80. The maximum atomic E-state index is 5.89. The van der Waals surface area contributed by atoms with Crippen LogP contribution >= 0.6 is 11.6 Å². The van der Waals surface area contributed by atoms with Crippen molar-refractivity contribution in [3.8, 4) is 0 Å². The Hall–Kier alpha value is -0.760. The van der Waals surface area contributed by atoms with Crippen LogP contribution in [0.5, 0.6) is 0 Å². The summed E-state index contributed by atoms with van der Waals surface area (Å²) >= 11 is 5.89. The molecule has 1 N–H and O–H groups in total. The maximum Gasteiger partial charge on any atom is 0.126 e.